The summed E-state index contributed by atoms with van der Waals surface area (Å²) in [6, 6.07) is 3.12. The summed E-state index contributed by atoms with van der Waals surface area (Å²) in [4.78, 5) is 24.1. The molecule has 0 spiro atoms. The lowest BCUT2D eigenvalue weighted by Gasteiger charge is -2.32. The number of aliphatic hydroxyl groups excluding tert-OH is 1. The highest BCUT2D eigenvalue weighted by Crippen LogP contribution is 2.37. The number of fused-ring (bicyclic) bond motifs is 1. The molecule has 0 bridgehead atoms. The lowest BCUT2D eigenvalue weighted by atomic mass is 9.90. The SMILES string of the molecule is CC1(C)CC(=O)c2c(ccc(C(=O)/C=C/CO)c2N)O1. The molecule has 0 fully saturated rings. The van der Waals surface area contributed by atoms with Gasteiger partial charge in [-0.3, -0.25) is 9.59 Å². The normalized spacial score (nSPS) is 16.9. The number of carbonyl (C=O) groups is 2. The van der Waals surface area contributed by atoms with Crippen LogP contribution < -0.4 is 10.5 Å². The zero-order valence-electron chi connectivity index (χ0n) is 11.5. The van der Waals surface area contributed by atoms with Crippen molar-refractivity contribution in [1.29, 1.82) is 0 Å². The molecule has 0 saturated carbocycles. The first-order valence-electron chi connectivity index (χ1n) is 6.32. The number of benzene rings is 1. The van der Waals surface area contributed by atoms with Gasteiger partial charge in [0.25, 0.3) is 0 Å². The minimum absolute atomic E-state index is 0.130. The van der Waals surface area contributed by atoms with Crippen molar-refractivity contribution < 1.29 is 19.4 Å². The van der Waals surface area contributed by atoms with E-state index in [2.05, 4.69) is 0 Å². The number of hydrogen-bond acceptors (Lipinski definition) is 5. The Balaban J connectivity index is 2.48. The fourth-order valence-electron chi connectivity index (χ4n) is 2.25. The quantitative estimate of drug-likeness (QED) is 0.498. The van der Waals surface area contributed by atoms with Crippen LogP contribution in [-0.4, -0.2) is 28.9 Å². The third-order valence-corrected chi connectivity index (χ3v) is 3.10. The number of anilines is 1. The highest BCUT2D eigenvalue weighted by molar-refractivity contribution is 6.14. The molecule has 2 rings (SSSR count). The third kappa shape index (κ3) is 2.58. The molecule has 0 unspecified atom stereocenters. The zero-order valence-corrected chi connectivity index (χ0v) is 11.5. The Bertz CT molecular complexity index is 602. The van der Waals surface area contributed by atoms with Crippen molar-refractivity contribution in [1.82, 2.24) is 0 Å². The van der Waals surface area contributed by atoms with Crippen LogP contribution in [0.2, 0.25) is 0 Å². The number of Topliss-reactive ketones (excluding diaryl/α,β-unsaturated/α-hetero) is 1. The predicted octanol–water partition coefficient (Wildman–Crippen LogP) is 1.74. The molecule has 1 aromatic carbocycles. The van der Waals surface area contributed by atoms with E-state index in [1.54, 1.807) is 6.07 Å². The van der Waals surface area contributed by atoms with Crippen molar-refractivity contribution in [3.63, 3.8) is 0 Å². The average Bonchev–Trinajstić information content (AvgIpc) is 2.34. The summed E-state index contributed by atoms with van der Waals surface area (Å²) in [6.07, 6.45) is 2.77. The molecule has 0 saturated heterocycles. The van der Waals surface area contributed by atoms with Gasteiger partial charge in [-0.05, 0) is 32.1 Å². The summed E-state index contributed by atoms with van der Waals surface area (Å²) >= 11 is 0. The molecule has 0 atom stereocenters. The molecular weight excluding hydrogens is 258 g/mol. The fraction of sp³-hybridized carbons (Fsp3) is 0.333. The van der Waals surface area contributed by atoms with Gasteiger partial charge in [0.15, 0.2) is 11.6 Å². The van der Waals surface area contributed by atoms with Gasteiger partial charge >= 0.3 is 0 Å². The van der Waals surface area contributed by atoms with Crippen LogP contribution in [0.1, 0.15) is 41.0 Å². The number of rotatable bonds is 3. The van der Waals surface area contributed by atoms with Gasteiger partial charge in [0.2, 0.25) is 0 Å². The van der Waals surface area contributed by atoms with E-state index < -0.39 is 5.60 Å². The van der Waals surface area contributed by atoms with Crippen LogP contribution in [0.25, 0.3) is 0 Å². The van der Waals surface area contributed by atoms with E-state index in [1.165, 1.54) is 18.2 Å². The minimum Gasteiger partial charge on any atom is -0.487 e. The molecular formula is C15H17NO4. The molecule has 0 aliphatic carbocycles. The van der Waals surface area contributed by atoms with Crippen LogP contribution in [-0.2, 0) is 0 Å². The molecule has 1 aromatic rings. The van der Waals surface area contributed by atoms with Crippen molar-refractivity contribution in [3.8, 4) is 5.75 Å². The van der Waals surface area contributed by atoms with E-state index in [-0.39, 0.29) is 41.4 Å². The van der Waals surface area contributed by atoms with Crippen molar-refractivity contribution in [3.05, 3.63) is 35.4 Å². The number of hydrogen-bond donors (Lipinski definition) is 2. The topological polar surface area (TPSA) is 89.6 Å². The van der Waals surface area contributed by atoms with E-state index in [9.17, 15) is 9.59 Å². The summed E-state index contributed by atoms with van der Waals surface area (Å²) in [5.74, 6) is -0.0713. The zero-order chi connectivity index (χ0) is 14.9. The van der Waals surface area contributed by atoms with Crippen molar-refractivity contribution in [2.45, 2.75) is 25.9 Å². The molecule has 0 amide bonds. The Morgan fingerprint density at radius 1 is 1.50 bits per heavy atom. The van der Waals surface area contributed by atoms with Gasteiger partial charge in [0.1, 0.15) is 11.4 Å². The van der Waals surface area contributed by atoms with Crippen LogP contribution in [0.5, 0.6) is 5.75 Å². The lowest BCUT2D eigenvalue weighted by Crippen LogP contribution is -2.36. The van der Waals surface area contributed by atoms with Gasteiger partial charge in [0.05, 0.1) is 24.3 Å². The smallest absolute Gasteiger partial charge is 0.187 e. The number of aliphatic hydroxyl groups is 1. The maximum Gasteiger partial charge on any atom is 0.187 e. The number of ketones is 2. The maximum atomic E-state index is 12.2. The van der Waals surface area contributed by atoms with Crippen molar-refractivity contribution in [2.75, 3.05) is 12.3 Å². The van der Waals surface area contributed by atoms with Crippen molar-refractivity contribution in [2.24, 2.45) is 0 Å². The maximum absolute atomic E-state index is 12.2. The van der Waals surface area contributed by atoms with E-state index in [1.807, 2.05) is 13.8 Å². The first-order chi connectivity index (χ1) is 9.35. The monoisotopic (exact) mass is 275 g/mol. The third-order valence-electron chi connectivity index (χ3n) is 3.10. The number of nitrogens with two attached hydrogens (primary N) is 1. The molecule has 5 nitrogen and oxygen atoms in total. The number of carbonyl (C=O) groups excluding carboxylic acids is 2. The summed E-state index contributed by atoms with van der Waals surface area (Å²) < 4.78 is 5.72. The number of allylic oxidation sites excluding steroid dienone is 1. The molecule has 1 heterocycles. The van der Waals surface area contributed by atoms with E-state index >= 15 is 0 Å². The first-order valence-corrected chi connectivity index (χ1v) is 6.32. The number of nitrogen functional groups attached to an aromatic ring is 1. The van der Waals surface area contributed by atoms with Gasteiger partial charge < -0.3 is 15.6 Å². The molecule has 1 aliphatic heterocycles. The first kappa shape index (κ1) is 14.3. The molecule has 0 aromatic heterocycles. The lowest BCUT2D eigenvalue weighted by molar-refractivity contribution is 0.0622. The van der Waals surface area contributed by atoms with Gasteiger partial charge in [-0.15, -0.1) is 0 Å². The summed E-state index contributed by atoms with van der Waals surface area (Å²) in [5.41, 5.74) is 6.01. The van der Waals surface area contributed by atoms with Crippen LogP contribution in [0.15, 0.2) is 24.3 Å². The average molecular weight is 275 g/mol. The second-order valence-corrected chi connectivity index (χ2v) is 5.31. The summed E-state index contributed by atoms with van der Waals surface area (Å²) in [5, 5.41) is 8.68. The Kier molecular flexibility index (Phi) is 3.63. The Morgan fingerprint density at radius 3 is 2.85 bits per heavy atom. The van der Waals surface area contributed by atoms with E-state index in [0.717, 1.165) is 0 Å². The fourth-order valence-corrected chi connectivity index (χ4v) is 2.25. The van der Waals surface area contributed by atoms with Crippen molar-refractivity contribution >= 4 is 17.3 Å². The van der Waals surface area contributed by atoms with Gasteiger partial charge in [0, 0.05) is 5.56 Å². The highest BCUT2D eigenvalue weighted by Gasteiger charge is 2.34. The second-order valence-electron chi connectivity index (χ2n) is 5.31. The minimum atomic E-state index is -0.571. The highest BCUT2D eigenvalue weighted by atomic mass is 16.5. The largest absolute Gasteiger partial charge is 0.487 e. The Morgan fingerprint density at radius 2 is 2.20 bits per heavy atom. The standard InChI is InChI=1S/C15H17NO4/c1-15(2)8-11(19)13-12(20-15)6-5-9(14(13)16)10(18)4-3-7-17/h3-6,17H,7-8,16H2,1-2H3/b4-3+. The molecule has 106 valence electrons. The van der Waals surface area contributed by atoms with E-state index in [4.69, 9.17) is 15.6 Å². The Hall–Kier alpha value is -2.14. The summed E-state index contributed by atoms with van der Waals surface area (Å²) in [6.45, 7) is 3.42. The van der Waals surface area contributed by atoms with E-state index in [0.29, 0.717) is 5.75 Å². The van der Waals surface area contributed by atoms with Gasteiger partial charge in [-0.25, -0.2) is 0 Å². The Labute approximate surface area is 117 Å². The van der Waals surface area contributed by atoms with Crippen LogP contribution in [0.4, 0.5) is 5.69 Å². The van der Waals surface area contributed by atoms with Gasteiger partial charge in [-0.1, -0.05) is 6.08 Å². The molecule has 5 heteroatoms. The number of ether oxygens (including phenoxy) is 1. The molecule has 3 N–H and O–H groups in total. The van der Waals surface area contributed by atoms with Crippen LogP contribution in [0.3, 0.4) is 0 Å². The molecule has 1 aliphatic rings. The molecule has 20 heavy (non-hydrogen) atoms. The second kappa shape index (κ2) is 5.09. The summed E-state index contributed by atoms with van der Waals surface area (Å²) in [7, 11) is 0. The van der Waals surface area contributed by atoms with Crippen LogP contribution >= 0.6 is 0 Å². The predicted molar refractivity (Wildman–Crippen MR) is 75.1 cm³/mol. The van der Waals surface area contributed by atoms with Crippen LogP contribution in [0, 0.1) is 0 Å². The molecule has 0 radical (unpaired) electrons. The van der Waals surface area contributed by atoms with Gasteiger partial charge in [-0.2, -0.15) is 0 Å².